The molecule has 0 spiro atoms. The minimum atomic E-state index is 0.533. The predicted molar refractivity (Wildman–Crippen MR) is 74.0 cm³/mol. The molecule has 0 aliphatic heterocycles. The molecule has 92 valence electrons. The fourth-order valence-corrected chi connectivity index (χ4v) is 2.38. The number of rotatable bonds is 1. The molecule has 0 aliphatic rings. The van der Waals surface area contributed by atoms with Gasteiger partial charge in [-0.15, -0.1) is 0 Å². The van der Waals surface area contributed by atoms with Crippen LogP contribution in [0.15, 0.2) is 57.4 Å². The molecule has 2 aromatic heterocycles. The molecule has 3 heteroatoms. The van der Waals surface area contributed by atoms with E-state index in [2.05, 4.69) is 4.98 Å². The van der Waals surface area contributed by atoms with E-state index in [4.69, 9.17) is 8.83 Å². The lowest BCUT2D eigenvalue weighted by atomic mass is 10.1. The third-order valence-electron chi connectivity index (χ3n) is 3.29. The van der Waals surface area contributed by atoms with Gasteiger partial charge >= 0.3 is 0 Å². The van der Waals surface area contributed by atoms with E-state index in [9.17, 15) is 0 Å². The average Bonchev–Trinajstić information content (AvgIpc) is 3.01. The summed E-state index contributed by atoms with van der Waals surface area (Å²) in [6.07, 6.45) is 0. The summed E-state index contributed by atoms with van der Waals surface area (Å²) in [5, 5.41) is 2.13. The van der Waals surface area contributed by atoms with Crippen molar-refractivity contribution in [2.45, 2.75) is 6.92 Å². The molecule has 0 saturated carbocycles. The van der Waals surface area contributed by atoms with Gasteiger partial charge in [0.05, 0.1) is 0 Å². The van der Waals surface area contributed by atoms with Crippen LogP contribution in [-0.4, -0.2) is 4.98 Å². The van der Waals surface area contributed by atoms with Gasteiger partial charge in [0, 0.05) is 10.8 Å². The SMILES string of the molecule is Cc1oc(-c2nc3ccccc3o2)c2ccccc12. The van der Waals surface area contributed by atoms with E-state index in [0.29, 0.717) is 11.7 Å². The van der Waals surface area contributed by atoms with E-state index in [1.165, 1.54) is 0 Å². The minimum absolute atomic E-state index is 0.533. The summed E-state index contributed by atoms with van der Waals surface area (Å²) < 4.78 is 11.6. The number of aryl methyl sites for hydroxylation is 1. The number of furan rings is 1. The topological polar surface area (TPSA) is 39.2 Å². The molecular formula is C16H11NO2. The predicted octanol–water partition coefficient (Wildman–Crippen LogP) is 4.55. The summed E-state index contributed by atoms with van der Waals surface area (Å²) in [5.41, 5.74) is 1.62. The Bertz CT molecular complexity index is 853. The maximum Gasteiger partial charge on any atom is 0.264 e. The van der Waals surface area contributed by atoms with Crippen molar-refractivity contribution in [1.82, 2.24) is 4.98 Å². The maximum atomic E-state index is 5.82. The lowest BCUT2D eigenvalue weighted by Gasteiger charge is -1.90. The molecular weight excluding hydrogens is 238 g/mol. The normalized spacial score (nSPS) is 11.4. The van der Waals surface area contributed by atoms with Gasteiger partial charge in [-0.05, 0) is 19.1 Å². The smallest absolute Gasteiger partial charge is 0.264 e. The molecule has 0 amide bonds. The first-order valence-electron chi connectivity index (χ1n) is 6.17. The molecule has 4 rings (SSSR count). The van der Waals surface area contributed by atoms with Crippen LogP contribution in [-0.2, 0) is 0 Å². The molecule has 4 aromatic rings. The molecule has 19 heavy (non-hydrogen) atoms. The van der Waals surface area contributed by atoms with Crippen molar-refractivity contribution < 1.29 is 8.83 Å². The van der Waals surface area contributed by atoms with Crippen LogP contribution in [0.25, 0.3) is 33.5 Å². The van der Waals surface area contributed by atoms with E-state index in [0.717, 1.165) is 27.6 Å². The Labute approximate surface area is 109 Å². The first-order chi connectivity index (χ1) is 9.33. The van der Waals surface area contributed by atoms with Crippen LogP contribution in [0.2, 0.25) is 0 Å². The summed E-state index contributed by atoms with van der Waals surface area (Å²) in [5.74, 6) is 2.11. The number of hydrogen-bond acceptors (Lipinski definition) is 3. The van der Waals surface area contributed by atoms with Gasteiger partial charge in [0.25, 0.3) is 5.89 Å². The Morgan fingerprint density at radius 3 is 2.42 bits per heavy atom. The summed E-state index contributed by atoms with van der Waals surface area (Å²) >= 11 is 0. The highest BCUT2D eigenvalue weighted by molar-refractivity contribution is 5.95. The average molecular weight is 249 g/mol. The van der Waals surface area contributed by atoms with E-state index in [1.54, 1.807) is 0 Å². The molecule has 0 N–H and O–H groups in total. The van der Waals surface area contributed by atoms with Gasteiger partial charge in [-0.1, -0.05) is 36.4 Å². The number of benzene rings is 2. The van der Waals surface area contributed by atoms with Crippen molar-refractivity contribution in [3.05, 3.63) is 54.3 Å². The van der Waals surface area contributed by atoms with Crippen LogP contribution in [0, 0.1) is 6.92 Å². The Balaban J connectivity index is 2.04. The summed E-state index contributed by atoms with van der Waals surface area (Å²) in [7, 11) is 0. The lowest BCUT2D eigenvalue weighted by Crippen LogP contribution is -1.73. The highest BCUT2D eigenvalue weighted by atomic mass is 16.4. The van der Waals surface area contributed by atoms with Gasteiger partial charge in [-0.3, -0.25) is 0 Å². The summed E-state index contributed by atoms with van der Waals surface area (Å²) in [4.78, 5) is 4.49. The second-order valence-corrected chi connectivity index (χ2v) is 4.52. The molecule has 3 nitrogen and oxygen atoms in total. The number of fused-ring (bicyclic) bond motifs is 2. The largest absolute Gasteiger partial charge is 0.455 e. The van der Waals surface area contributed by atoms with Crippen molar-refractivity contribution >= 4 is 21.9 Å². The Hall–Kier alpha value is -2.55. The third-order valence-corrected chi connectivity index (χ3v) is 3.29. The third kappa shape index (κ3) is 1.48. The number of hydrogen-bond donors (Lipinski definition) is 0. The zero-order chi connectivity index (χ0) is 12.8. The molecule has 0 radical (unpaired) electrons. The van der Waals surface area contributed by atoms with Crippen molar-refractivity contribution in [2.75, 3.05) is 0 Å². The standard InChI is InChI=1S/C16H11NO2/c1-10-11-6-2-3-7-12(11)15(18-10)16-17-13-8-4-5-9-14(13)19-16/h2-9H,1H3. The van der Waals surface area contributed by atoms with Crippen molar-refractivity contribution in [1.29, 1.82) is 0 Å². The molecule has 0 unspecified atom stereocenters. The van der Waals surface area contributed by atoms with Crippen LogP contribution >= 0.6 is 0 Å². The number of aromatic nitrogens is 1. The number of para-hydroxylation sites is 2. The highest BCUT2D eigenvalue weighted by Gasteiger charge is 2.16. The zero-order valence-corrected chi connectivity index (χ0v) is 10.4. The summed E-state index contributed by atoms with van der Waals surface area (Å²) in [6, 6.07) is 15.8. The van der Waals surface area contributed by atoms with Gasteiger partial charge in [-0.2, -0.15) is 0 Å². The van der Waals surface area contributed by atoms with Crippen LogP contribution in [0.5, 0.6) is 0 Å². The Morgan fingerprint density at radius 2 is 1.58 bits per heavy atom. The van der Waals surface area contributed by atoms with E-state index in [-0.39, 0.29) is 0 Å². The number of oxazole rings is 1. The molecule has 0 atom stereocenters. The maximum absolute atomic E-state index is 5.82. The van der Waals surface area contributed by atoms with Crippen LogP contribution < -0.4 is 0 Å². The Kier molecular flexibility index (Phi) is 2.03. The quantitative estimate of drug-likeness (QED) is 0.496. The molecule has 0 fully saturated rings. The second kappa shape index (κ2) is 3.72. The van der Waals surface area contributed by atoms with E-state index in [1.807, 2.05) is 55.5 Å². The number of nitrogens with zero attached hydrogens (tertiary/aromatic N) is 1. The van der Waals surface area contributed by atoms with Gasteiger partial charge in [0.15, 0.2) is 11.3 Å². The van der Waals surface area contributed by atoms with Crippen molar-refractivity contribution in [3.8, 4) is 11.7 Å². The van der Waals surface area contributed by atoms with Crippen LogP contribution in [0.3, 0.4) is 0 Å². The molecule has 0 bridgehead atoms. The van der Waals surface area contributed by atoms with E-state index < -0.39 is 0 Å². The first kappa shape index (κ1) is 10.4. The first-order valence-corrected chi connectivity index (χ1v) is 6.17. The van der Waals surface area contributed by atoms with Gasteiger partial charge < -0.3 is 8.83 Å². The molecule has 0 aliphatic carbocycles. The molecule has 2 aromatic carbocycles. The molecule has 2 heterocycles. The van der Waals surface area contributed by atoms with Crippen LogP contribution in [0.4, 0.5) is 0 Å². The van der Waals surface area contributed by atoms with Gasteiger partial charge in [0.2, 0.25) is 0 Å². The van der Waals surface area contributed by atoms with Crippen molar-refractivity contribution in [3.63, 3.8) is 0 Å². The zero-order valence-electron chi connectivity index (χ0n) is 10.4. The minimum Gasteiger partial charge on any atom is -0.455 e. The lowest BCUT2D eigenvalue weighted by molar-refractivity contribution is 0.518. The molecule has 0 saturated heterocycles. The summed E-state index contributed by atoms with van der Waals surface area (Å²) in [6.45, 7) is 1.95. The van der Waals surface area contributed by atoms with Crippen molar-refractivity contribution in [2.24, 2.45) is 0 Å². The highest BCUT2D eigenvalue weighted by Crippen LogP contribution is 2.34. The van der Waals surface area contributed by atoms with Crippen LogP contribution in [0.1, 0.15) is 5.76 Å². The fourth-order valence-electron chi connectivity index (χ4n) is 2.38. The Morgan fingerprint density at radius 1 is 0.842 bits per heavy atom. The van der Waals surface area contributed by atoms with Gasteiger partial charge in [0.1, 0.15) is 11.3 Å². The monoisotopic (exact) mass is 249 g/mol. The fraction of sp³-hybridized carbons (Fsp3) is 0.0625. The second-order valence-electron chi connectivity index (χ2n) is 4.52. The van der Waals surface area contributed by atoms with Gasteiger partial charge in [-0.25, -0.2) is 4.98 Å². The van der Waals surface area contributed by atoms with E-state index >= 15 is 0 Å².